The summed E-state index contributed by atoms with van der Waals surface area (Å²) >= 11 is 0. The number of aliphatic hydroxyl groups is 1. The van der Waals surface area contributed by atoms with Crippen molar-refractivity contribution in [3.8, 4) is 18.1 Å². The molecule has 1 aliphatic rings. The second-order valence-electron chi connectivity index (χ2n) is 8.20. The summed E-state index contributed by atoms with van der Waals surface area (Å²) in [5, 5.41) is 24.2. The number of carbonyl (C=O) groups is 3. The highest BCUT2D eigenvalue weighted by atomic mass is 19.1. The van der Waals surface area contributed by atoms with Crippen LogP contribution < -0.4 is 21.1 Å². The van der Waals surface area contributed by atoms with Crippen molar-refractivity contribution in [1.29, 1.82) is 0 Å². The van der Waals surface area contributed by atoms with Crippen LogP contribution in [0.3, 0.4) is 0 Å². The van der Waals surface area contributed by atoms with Crippen molar-refractivity contribution >= 4 is 23.5 Å². The number of amides is 2. The Labute approximate surface area is 203 Å². The summed E-state index contributed by atoms with van der Waals surface area (Å²) in [4.78, 5) is 35.9. The average Bonchev–Trinajstić information content (AvgIpc) is 2.82. The molecule has 35 heavy (non-hydrogen) atoms. The lowest BCUT2D eigenvalue weighted by Crippen LogP contribution is -2.48. The highest BCUT2D eigenvalue weighted by Crippen LogP contribution is 2.28. The second-order valence-corrected chi connectivity index (χ2v) is 8.20. The molecular weight excluding hydrogens is 461 g/mol. The van der Waals surface area contributed by atoms with Crippen molar-refractivity contribution in [1.82, 2.24) is 5.32 Å². The molecular formula is C24H32FN3O7. The van der Waals surface area contributed by atoms with Gasteiger partial charge in [-0.05, 0) is 31.0 Å². The van der Waals surface area contributed by atoms with Crippen molar-refractivity contribution < 1.29 is 38.5 Å². The zero-order chi connectivity index (χ0) is 25.8. The number of ether oxygens (including phenoxy) is 2. The van der Waals surface area contributed by atoms with Crippen molar-refractivity contribution in [2.45, 2.75) is 76.2 Å². The molecule has 1 heterocycles. The molecule has 0 aromatic heterocycles. The van der Waals surface area contributed by atoms with Crippen LogP contribution in [0.1, 0.15) is 50.5 Å². The van der Waals surface area contributed by atoms with Gasteiger partial charge in [-0.2, -0.15) is 0 Å². The van der Waals surface area contributed by atoms with Crippen LogP contribution in [0.5, 0.6) is 5.75 Å². The molecule has 1 saturated heterocycles. The predicted octanol–water partition coefficient (Wildman–Crippen LogP) is 1.45. The van der Waals surface area contributed by atoms with Gasteiger partial charge < -0.3 is 36.1 Å². The minimum Gasteiger partial charge on any atom is -0.479 e. The quantitative estimate of drug-likeness (QED) is 0.204. The number of aliphatic hydroxyl groups excluding tert-OH is 1. The first-order valence-electron chi connectivity index (χ1n) is 11.4. The number of terminal acetylenes is 1. The third-order valence-electron chi connectivity index (χ3n) is 5.38. The molecule has 0 radical (unpaired) electrons. The van der Waals surface area contributed by atoms with E-state index in [0.29, 0.717) is 12.8 Å². The van der Waals surface area contributed by atoms with Crippen LogP contribution in [0.4, 0.5) is 10.1 Å². The fourth-order valence-electron chi connectivity index (χ4n) is 3.53. The maximum Gasteiger partial charge on any atom is 0.333 e. The van der Waals surface area contributed by atoms with E-state index in [4.69, 9.17) is 26.7 Å². The smallest absolute Gasteiger partial charge is 0.333 e. The number of carbonyl (C=O) groups excluding carboxylic acids is 2. The Kier molecular flexibility index (Phi) is 11.4. The molecule has 1 aromatic carbocycles. The third kappa shape index (κ3) is 9.16. The van der Waals surface area contributed by atoms with E-state index in [-0.39, 0.29) is 48.7 Å². The summed E-state index contributed by atoms with van der Waals surface area (Å²) in [5.74, 6) is 0.524. The lowest BCUT2D eigenvalue weighted by atomic mass is 10.1. The van der Waals surface area contributed by atoms with E-state index in [9.17, 15) is 23.9 Å². The summed E-state index contributed by atoms with van der Waals surface area (Å²) in [5.41, 5.74) is 5.98. The van der Waals surface area contributed by atoms with E-state index in [1.165, 1.54) is 18.2 Å². The van der Waals surface area contributed by atoms with Crippen molar-refractivity contribution in [2.24, 2.45) is 5.73 Å². The number of carboxylic acid groups (broad SMARTS) is 1. The van der Waals surface area contributed by atoms with Crippen LogP contribution in [0.25, 0.3) is 0 Å². The molecule has 6 N–H and O–H groups in total. The summed E-state index contributed by atoms with van der Waals surface area (Å²) in [6, 6.07) is 3.24. The molecule has 0 bridgehead atoms. The van der Waals surface area contributed by atoms with E-state index in [2.05, 4.69) is 16.6 Å². The molecule has 0 spiro atoms. The number of benzene rings is 1. The van der Waals surface area contributed by atoms with Crippen LogP contribution in [-0.2, 0) is 25.8 Å². The topological polar surface area (TPSA) is 160 Å². The van der Waals surface area contributed by atoms with Crippen molar-refractivity contribution in [2.75, 3.05) is 11.9 Å². The standard InChI is InChI=1S/C24H32FN3O7/c1-2-3-4-5-6-7-21(30)28-18(14-26)23(31)27-16-8-9-19(15(10-16)13-25)34-22-12-17(29)11-20(35-22)24(32)33/h1,8-10,17-18,20,22,29H,3-7,11-14,26H2,(H,27,31)(H,28,30)(H,32,33). The Hall–Kier alpha value is -3.20. The maximum absolute atomic E-state index is 13.7. The number of nitrogens with two attached hydrogens (primary N) is 1. The molecule has 1 aromatic rings. The molecule has 1 aliphatic heterocycles. The van der Waals surface area contributed by atoms with E-state index in [0.717, 1.165) is 12.8 Å². The van der Waals surface area contributed by atoms with Crippen LogP contribution >= 0.6 is 0 Å². The zero-order valence-corrected chi connectivity index (χ0v) is 19.4. The number of alkyl halides is 1. The molecule has 2 amide bonds. The van der Waals surface area contributed by atoms with Gasteiger partial charge in [-0.15, -0.1) is 12.3 Å². The second kappa shape index (κ2) is 14.3. The molecule has 0 saturated carbocycles. The van der Waals surface area contributed by atoms with Crippen LogP contribution in [-0.4, -0.2) is 59.1 Å². The lowest BCUT2D eigenvalue weighted by molar-refractivity contribution is -0.195. The van der Waals surface area contributed by atoms with Gasteiger partial charge in [0.2, 0.25) is 18.1 Å². The fraction of sp³-hybridized carbons (Fsp3) is 0.542. The minimum absolute atomic E-state index is 0.0236. The average molecular weight is 494 g/mol. The fourth-order valence-corrected chi connectivity index (χ4v) is 3.53. The van der Waals surface area contributed by atoms with Crippen LogP contribution in [0.2, 0.25) is 0 Å². The third-order valence-corrected chi connectivity index (χ3v) is 5.38. The summed E-state index contributed by atoms with van der Waals surface area (Å²) in [7, 11) is 0. The molecule has 1 fully saturated rings. The number of carboxylic acids is 1. The van der Waals surface area contributed by atoms with Crippen molar-refractivity contribution in [3.63, 3.8) is 0 Å². The number of aliphatic carboxylic acids is 1. The van der Waals surface area contributed by atoms with Gasteiger partial charge in [-0.25, -0.2) is 9.18 Å². The van der Waals surface area contributed by atoms with Gasteiger partial charge in [0.1, 0.15) is 18.5 Å². The number of hydrogen-bond donors (Lipinski definition) is 5. The highest BCUT2D eigenvalue weighted by Gasteiger charge is 2.34. The molecule has 4 unspecified atom stereocenters. The number of unbranched alkanes of at least 4 members (excludes halogenated alkanes) is 3. The van der Waals surface area contributed by atoms with E-state index >= 15 is 0 Å². The van der Waals surface area contributed by atoms with Gasteiger partial charge in [0.25, 0.3) is 0 Å². The summed E-state index contributed by atoms with van der Waals surface area (Å²) < 4.78 is 24.6. The monoisotopic (exact) mass is 493 g/mol. The molecule has 192 valence electrons. The molecule has 10 nitrogen and oxygen atoms in total. The Morgan fingerprint density at radius 3 is 2.71 bits per heavy atom. The van der Waals surface area contributed by atoms with Gasteiger partial charge in [0.05, 0.1) is 6.10 Å². The highest BCUT2D eigenvalue weighted by molar-refractivity contribution is 5.97. The zero-order valence-electron chi connectivity index (χ0n) is 19.4. The molecule has 11 heteroatoms. The number of anilines is 1. The first-order valence-corrected chi connectivity index (χ1v) is 11.4. The normalized spacial score (nSPS) is 20.3. The SMILES string of the molecule is C#CCCCCCC(=O)NC(CN)C(=O)Nc1ccc(OC2CC(O)CC(C(=O)O)O2)c(CF)c1. The molecule has 0 aliphatic carbocycles. The first-order chi connectivity index (χ1) is 16.8. The first kappa shape index (κ1) is 28.0. The molecule has 2 rings (SSSR count). The predicted molar refractivity (Wildman–Crippen MR) is 125 cm³/mol. The number of rotatable bonds is 13. The van der Waals surface area contributed by atoms with E-state index in [1.807, 2.05) is 0 Å². The van der Waals surface area contributed by atoms with Crippen LogP contribution in [0.15, 0.2) is 18.2 Å². The van der Waals surface area contributed by atoms with Crippen LogP contribution in [0, 0.1) is 12.3 Å². The number of hydrogen-bond acceptors (Lipinski definition) is 7. The van der Waals surface area contributed by atoms with Crippen molar-refractivity contribution in [3.05, 3.63) is 23.8 Å². The number of nitrogens with one attached hydrogen (secondary N) is 2. The van der Waals surface area contributed by atoms with Gasteiger partial charge in [-0.3, -0.25) is 9.59 Å². The maximum atomic E-state index is 13.7. The lowest BCUT2D eigenvalue weighted by Gasteiger charge is -2.31. The molecule has 4 atom stereocenters. The number of halogens is 1. The van der Waals surface area contributed by atoms with Gasteiger partial charge in [0.15, 0.2) is 6.10 Å². The summed E-state index contributed by atoms with van der Waals surface area (Å²) in [6.07, 6.45) is 5.07. The Bertz CT molecular complexity index is 921. The Balaban J connectivity index is 1.95. The largest absolute Gasteiger partial charge is 0.479 e. The van der Waals surface area contributed by atoms with Gasteiger partial charge in [-0.1, -0.05) is 6.42 Å². The summed E-state index contributed by atoms with van der Waals surface area (Å²) in [6.45, 7) is -1.06. The van der Waals surface area contributed by atoms with Gasteiger partial charge >= 0.3 is 5.97 Å². The Morgan fingerprint density at radius 2 is 2.06 bits per heavy atom. The van der Waals surface area contributed by atoms with Gasteiger partial charge in [0, 0.05) is 43.5 Å². The van der Waals surface area contributed by atoms with E-state index in [1.54, 1.807) is 0 Å². The minimum atomic E-state index is -1.23. The Morgan fingerprint density at radius 1 is 1.29 bits per heavy atom. The van der Waals surface area contributed by atoms with E-state index < -0.39 is 43.1 Å².